The van der Waals surface area contributed by atoms with Crippen LogP contribution in [0.3, 0.4) is 0 Å². The lowest BCUT2D eigenvalue weighted by molar-refractivity contribution is -0.136. The molecule has 1 aromatic heterocycles. The van der Waals surface area contributed by atoms with Crippen molar-refractivity contribution < 1.29 is 18.7 Å². The number of aromatic nitrogens is 1. The van der Waals surface area contributed by atoms with E-state index in [2.05, 4.69) is 4.98 Å². The predicted octanol–water partition coefficient (Wildman–Crippen LogP) is 3.60. The summed E-state index contributed by atoms with van der Waals surface area (Å²) in [4.78, 5) is 33.9. The summed E-state index contributed by atoms with van der Waals surface area (Å²) in [6.45, 7) is 3.97. The molecule has 2 aliphatic rings. The highest BCUT2D eigenvalue weighted by Crippen LogP contribution is 2.27. The van der Waals surface area contributed by atoms with E-state index in [-0.39, 0.29) is 11.8 Å². The summed E-state index contributed by atoms with van der Waals surface area (Å²) in [5.41, 5.74) is 2.87. The molecule has 0 radical (unpaired) electrons. The minimum Gasteiger partial charge on any atom is -0.436 e. The SMILES string of the molecule is O=C(CC1CCN(C(=O)c2ccc3oc(-c4ccccc4)nc3c2)CC1)N1CCOCC1. The number of rotatable bonds is 4. The van der Waals surface area contributed by atoms with Crippen LogP contribution in [-0.4, -0.2) is 66.0 Å². The Bertz CT molecular complexity index is 1100. The van der Waals surface area contributed by atoms with Gasteiger partial charge in [-0.15, -0.1) is 0 Å². The average Bonchev–Trinajstić information content (AvgIpc) is 3.29. The van der Waals surface area contributed by atoms with Gasteiger partial charge in [-0.2, -0.15) is 0 Å². The highest BCUT2D eigenvalue weighted by molar-refractivity contribution is 5.97. The van der Waals surface area contributed by atoms with Crippen LogP contribution in [0.4, 0.5) is 0 Å². The van der Waals surface area contributed by atoms with Gasteiger partial charge in [-0.25, -0.2) is 4.98 Å². The minimum atomic E-state index is 0.00844. The smallest absolute Gasteiger partial charge is 0.253 e. The maximum atomic E-state index is 13.1. The predicted molar refractivity (Wildman–Crippen MR) is 120 cm³/mol. The molecule has 3 aromatic rings. The summed E-state index contributed by atoms with van der Waals surface area (Å²) < 4.78 is 11.2. The molecule has 0 spiro atoms. The number of fused-ring (bicyclic) bond motifs is 1. The number of benzene rings is 2. The van der Waals surface area contributed by atoms with Gasteiger partial charge in [0.25, 0.3) is 5.91 Å². The molecule has 32 heavy (non-hydrogen) atoms. The monoisotopic (exact) mass is 433 g/mol. The minimum absolute atomic E-state index is 0.00844. The summed E-state index contributed by atoms with van der Waals surface area (Å²) >= 11 is 0. The van der Waals surface area contributed by atoms with Crippen molar-refractivity contribution in [2.75, 3.05) is 39.4 Å². The highest BCUT2D eigenvalue weighted by atomic mass is 16.5. The third-order valence-electron chi connectivity index (χ3n) is 6.38. The van der Waals surface area contributed by atoms with E-state index in [4.69, 9.17) is 9.15 Å². The number of oxazole rings is 1. The second kappa shape index (κ2) is 9.12. The highest BCUT2D eigenvalue weighted by Gasteiger charge is 2.27. The van der Waals surface area contributed by atoms with Gasteiger partial charge in [0.2, 0.25) is 11.8 Å². The quantitative estimate of drug-likeness (QED) is 0.629. The number of carbonyl (C=O) groups is 2. The third-order valence-corrected chi connectivity index (χ3v) is 6.38. The van der Waals surface area contributed by atoms with Gasteiger partial charge in [-0.1, -0.05) is 18.2 Å². The van der Waals surface area contributed by atoms with Crippen molar-refractivity contribution >= 4 is 22.9 Å². The van der Waals surface area contributed by atoms with Gasteiger partial charge in [0.15, 0.2) is 5.58 Å². The number of morpholine rings is 1. The molecule has 2 fully saturated rings. The fourth-order valence-electron chi connectivity index (χ4n) is 4.48. The molecule has 0 aliphatic carbocycles. The summed E-state index contributed by atoms with van der Waals surface area (Å²) in [5, 5.41) is 0. The zero-order chi connectivity index (χ0) is 21.9. The Hall–Kier alpha value is -3.19. The first-order chi connectivity index (χ1) is 15.7. The van der Waals surface area contributed by atoms with Crippen LogP contribution >= 0.6 is 0 Å². The molecular weight excluding hydrogens is 406 g/mol. The number of hydrogen-bond donors (Lipinski definition) is 0. The van der Waals surface area contributed by atoms with Crippen molar-refractivity contribution in [2.24, 2.45) is 5.92 Å². The average molecular weight is 434 g/mol. The Kier molecular flexibility index (Phi) is 5.90. The standard InChI is InChI=1S/C25H27N3O4/c29-23(27-12-14-31-15-13-27)16-18-8-10-28(11-9-18)25(30)20-6-7-22-21(17-20)26-24(32-22)19-4-2-1-3-5-19/h1-7,17-18H,8-16H2. The van der Waals surface area contributed by atoms with Crippen LogP contribution in [0, 0.1) is 5.92 Å². The van der Waals surface area contributed by atoms with E-state index >= 15 is 0 Å². The molecule has 2 aromatic carbocycles. The van der Waals surface area contributed by atoms with Gasteiger partial charge < -0.3 is 19.0 Å². The van der Waals surface area contributed by atoms with E-state index in [1.165, 1.54) is 0 Å². The van der Waals surface area contributed by atoms with Gasteiger partial charge in [0.1, 0.15) is 5.52 Å². The molecule has 0 N–H and O–H groups in total. The molecule has 7 nitrogen and oxygen atoms in total. The maximum absolute atomic E-state index is 13.1. The van der Waals surface area contributed by atoms with Crippen molar-refractivity contribution in [1.82, 2.24) is 14.8 Å². The summed E-state index contributed by atoms with van der Waals surface area (Å²) in [5.74, 6) is 1.11. The van der Waals surface area contributed by atoms with E-state index < -0.39 is 0 Å². The number of likely N-dealkylation sites (tertiary alicyclic amines) is 1. The number of amides is 2. The summed E-state index contributed by atoms with van der Waals surface area (Å²) in [6, 6.07) is 15.2. The fourth-order valence-corrected chi connectivity index (χ4v) is 4.48. The number of piperidine rings is 1. The molecule has 3 heterocycles. The zero-order valence-corrected chi connectivity index (χ0v) is 18.0. The van der Waals surface area contributed by atoms with E-state index in [1.807, 2.05) is 52.3 Å². The normalized spacial score (nSPS) is 17.6. The molecule has 2 aliphatic heterocycles. The van der Waals surface area contributed by atoms with E-state index in [1.54, 1.807) is 6.07 Å². The van der Waals surface area contributed by atoms with E-state index in [0.717, 1.165) is 18.4 Å². The molecule has 7 heteroatoms. The van der Waals surface area contributed by atoms with Crippen molar-refractivity contribution in [3.63, 3.8) is 0 Å². The van der Waals surface area contributed by atoms with Crippen LogP contribution in [0.25, 0.3) is 22.6 Å². The third kappa shape index (κ3) is 4.39. The zero-order valence-electron chi connectivity index (χ0n) is 18.0. The lowest BCUT2D eigenvalue weighted by Gasteiger charge is -2.33. The van der Waals surface area contributed by atoms with Gasteiger partial charge in [0.05, 0.1) is 13.2 Å². The molecule has 5 rings (SSSR count). The first kappa shape index (κ1) is 20.7. The Morgan fingerprint density at radius 1 is 0.938 bits per heavy atom. The first-order valence-corrected chi connectivity index (χ1v) is 11.3. The van der Waals surface area contributed by atoms with Crippen LogP contribution < -0.4 is 0 Å². The molecular formula is C25H27N3O4. The molecule has 2 saturated heterocycles. The first-order valence-electron chi connectivity index (χ1n) is 11.3. The van der Waals surface area contributed by atoms with Crippen LogP contribution in [0.15, 0.2) is 52.9 Å². The number of carbonyl (C=O) groups excluding carboxylic acids is 2. The van der Waals surface area contributed by atoms with Crippen molar-refractivity contribution in [3.8, 4) is 11.5 Å². The Morgan fingerprint density at radius 2 is 1.69 bits per heavy atom. The van der Waals surface area contributed by atoms with Crippen molar-refractivity contribution in [1.29, 1.82) is 0 Å². The van der Waals surface area contributed by atoms with Gasteiger partial charge >= 0.3 is 0 Å². The van der Waals surface area contributed by atoms with Crippen LogP contribution in [0.2, 0.25) is 0 Å². The molecule has 166 valence electrons. The van der Waals surface area contributed by atoms with Gasteiger partial charge in [-0.05, 0) is 49.1 Å². The number of hydrogen-bond acceptors (Lipinski definition) is 5. The Labute approximate surface area is 187 Å². The number of nitrogens with zero attached hydrogens (tertiary/aromatic N) is 3. The largest absolute Gasteiger partial charge is 0.436 e. The molecule has 0 bridgehead atoms. The van der Waals surface area contributed by atoms with E-state index in [0.29, 0.717) is 74.3 Å². The number of ether oxygens (including phenoxy) is 1. The second-order valence-electron chi connectivity index (χ2n) is 8.50. The maximum Gasteiger partial charge on any atom is 0.253 e. The van der Waals surface area contributed by atoms with Crippen molar-refractivity contribution in [3.05, 3.63) is 54.1 Å². The summed E-state index contributed by atoms with van der Waals surface area (Å²) in [7, 11) is 0. The second-order valence-corrected chi connectivity index (χ2v) is 8.50. The van der Waals surface area contributed by atoms with Gasteiger partial charge in [-0.3, -0.25) is 9.59 Å². The van der Waals surface area contributed by atoms with Crippen LogP contribution in [-0.2, 0) is 9.53 Å². The Morgan fingerprint density at radius 3 is 2.44 bits per heavy atom. The molecule has 2 amide bonds. The van der Waals surface area contributed by atoms with Gasteiger partial charge in [0, 0.05) is 43.7 Å². The lowest BCUT2D eigenvalue weighted by atomic mass is 9.92. The van der Waals surface area contributed by atoms with E-state index in [9.17, 15) is 9.59 Å². The lowest BCUT2D eigenvalue weighted by Crippen LogP contribution is -2.43. The summed E-state index contributed by atoms with van der Waals surface area (Å²) in [6.07, 6.45) is 2.27. The fraction of sp³-hybridized carbons (Fsp3) is 0.400. The molecule has 0 saturated carbocycles. The Balaban J connectivity index is 1.21. The molecule has 0 unspecified atom stereocenters. The van der Waals surface area contributed by atoms with Crippen molar-refractivity contribution in [2.45, 2.75) is 19.3 Å². The topological polar surface area (TPSA) is 75.9 Å². The molecule has 0 atom stereocenters. The van der Waals surface area contributed by atoms with Crippen LogP contribution in [0.5, 0.6) is 0 Å². The van der Waals surface area contributed by atoms with Crippen LogP contribution in [0.1, 0.15) is 29.6 Å².